The predicted molar refractivity (Wildman–Crippen MR) is 195 cm³/mol. The summed E-state index contributed by atoms with van der Waals surface area (Å²) in [6.07, 6.45) is 13.8. The van der Waals surface area contributed by atoms with E-state index < -0.39 is 0 Å². The van der Waals surface area contributed by atoms with Gasteiger partial charge in [-0.2, -0.15) is 0 Å². The third-order valence-corrected chi connectivity index (χ3v) is 10.9. The first kappa shape index (κ1) is 32.3. The Morgan fingerprint density at radius 1 is 0.523 bits per heavy atom. The number of unbranched alkanes of at least 4 members (excludes halogenated alkanes) is 2. The molecule has 0 bridgehead atoms. The molecule has 4 aromatic rings. The van der Waals surface area contributed by atoms with Crippen LogP contribution in [0.15, 0.2) is 12.1 Å². The second-order valence-corrected chi connectivity index (χ2v) is 13.0. The summed E-state index contributed by atoms with van der Waals surface area (Å²) < 4.78 is 0. The summed E-state index contributed by atoms with van der Waals surface area (Å²) in [5.74, 6) is 0. The van der Waals surface area contributed by atoms with Crippen LogP contribution >= 0.6 is 0 Å². The molecule has 2 nitrogen and oxygen atoms in total. The van der Waals surface area contributed by atoms with E-state index in [0.29, 0.717) is 11.1 Å². The maximum absolute atomic E-state index is 12.6. The molecule has 0 aliphatic heterocycles. The van der Waals surface area contributed by atoms with Gasteiger partial charge < -0.3 is 0 Å². The number of carbonyl (C=O) groups excluding carboxylic acids is 2. The van der Waals surface area contributed by atoms with Gasteiger partial charge in [-0.3, -0.25) is 9.59 Å². The molecule has 0 heterocycles. The fourth-order valence-electron chi connectivity index (χ4n) is 8.67. The van der Waals surface area contributed by atoms with Gasteiger partial charge in [-0.1, -0.05) is 65.3 Å². The van der Waals surface area contributed by atoms with E-state index in [2.05, 4.69) is 69.4 Å². The summed E-state index contributed by atoms with van der Waals surface area (Å²) in [4.78, 5) is 25.2. The normalized spacial score (nSPS) is 12.5. The summed E-state index contributed by atoms with van der Waals surface area (Å²) in [6, 6.07) is 5.05. The highest BCUT2D eigenvalue weighted by Gasteiger charge is 2.29. The lowest BCUT2D eigenvalue weighted by Gasteiger charge is -2.31. The average Bonchev–Trinajstić information content (AvgIpc) is 3.05. The molecular formula is C40H50B2O2. The van der Waals surface area contributed by atoms with Crippen molar-refractivity contribution in [3.63, 3.8) is 0 Å². The van der Waals surface area contributed by atoms with E-state index in [9.17, 15) is 9.59 Å². The summed E-state index contributed by atoms with van der Waals surface area (Å²) in [5.41, 5.74) is 18.0. The van der Waals surface area contributed by atoms with Crippen molar-refractivity contribution in [3.05, 3.63) is 78.9 Å². The highest BCUT2D eigenvalue weighted by atomic mass is 16.1. The molecule has 44 heavy (non-hydrogen) atoms. The first-order chi connectivity index (χ1) is 21.3. The van der Waals surface area contributed by atoms with Crippen LogP contribution in [0.25, 0.3) is 21.5 Å². The van der Waals surface area contributed by atoms with Crippen LogP contribution in [-0.4, -0.2) is 28.3 Å². The van der Waals surface area contributed by atoms with Gasteiger partial charge in [-0.25, -0.2) is 0 Å². The Balaban J connectivity index is 1.86. The van der Waals surface area contributed by atoms with E-state index in [1.807, 2.05) is 0 Å². The standard InChI is InChI=1S/C40H50B2O2/c1-7-13-15-27-31-19-35-36(20-32(31)28(16-14-8-2)38(22-44)37(27)21-43)40(42)34-18-30-26(12-6)24(10-4)23(9-3)25(11-5)29(30)17-33(34)39(35)41/h17-18,21-22H,7-16,19-20,41-42H2,1-6H3. The largest absolute Gasteiger partial charge is 0.298 e. The number of carbonyl (C=O) groups is 2. The fourth-order valence-corrected chi connectivity index (χ4v) is 8.67. The Morgan fingerprint density at radius 2 is 0.886 bits per heavy atom. The molecule has 228 valence electrons. The minimum atomic E-state index is 0.654. The Kier molecular flexibility index (Phi) is 9.88. The first-order valence-electron chi connectivity index (χ1n) is 17.5. The van der Waals surface area contributed by atoms with E-state index >= 15 is 0 Å². The van der Waals surface area contributed by atoms with Crippen LogP contribution in [0.3, 0.4) is 0 Å². The first-order valence-corrected chi connectivity index (χ1v) is 17.5. The molecule has 0 saturated heterocycles. The van der Waals surface area contributed by atoms with Crippen LogP contribution in [0.5, 0.6) is 0 Å². The Bertz CT molecular complexity index is 1650. The van der Waals surface area contributed by atoms with Crippen molar-refractivity contribution in [2.24, 2.45) is 0 Å². The van der Waals surface area contributed by atoms with Gasteiger partial charge in [0.05, 0.1) is 0 Å². The van der Waals surface area contributed by atoms with Crippen molar-refractivity contribution in [2.45, 2.75) is 119 Å². The zero-order valence-corrected chi connectivity index (χ0v) is 28.6. The number of fused-ring (bicyclic) bond motifs is 4. The molecule has 0 aromatic heterocycles. The zero-order valence-electron chi connectivity index (χ0n) is 28.6. The highest BCUT2D eigenvalue weighted by molar-refractivity contribution is 6.47. The molecule has 0 N–H and O–H groups in total. The third kappa shape index (κ3) is 5.07. The zero-order chi connectivity index (χ0) is 31.7. The van der Waals surface area contributed by atoms with Crippen molar-refractivity contribution in [1.29, 1.82) is 0 Å². The lowest BCUT2D eigenvalue weighted by Crippen LogP contribution is -2.30. The molecule has 0 spiro atoms. The summed E-state index contributed by atoms with van der Waals surface area (Å²) in [7, 11) is 4.66. The smallest absolute Gasteiger partial charge is 0.151 e. The van der Waals surface area contributed by atoms with Gasteiger partial charge in [0, 0.05) is 11.1 Å². The third-order valence-electron chi connectivity index (χ3n) is 10.9. The van der Waals surface area contributed by atoms with Crippen LogP contribution in [0.2, 0.25) is 0 Å². The quantitative estimate of drug-likeness (QED) is 0.0946. The molecule has 5 rings (SSSR count). The second-order valence-electron chi connectivity index (χ2n) is 13.0. The van der Waals surface area contributed by atoms with Crippen molar-refractivity contribution >= 4 is 60.7 Å². The number of aryl methyl sites for hydroxylation is 2. The van der Waals surface area contributed by atoms with Gasteiger partial charge in [0.25, 0.3) is 0 Å². The van der Waals surface area contributed by atoms with Gasteiger partial charge in [-0.15, -0.1) is 0 Å². The minimum absolute atomic E-state index is 0.654. The number of rotatable bonds is 12. The lowest BCUT2D eigenvalue weighted by atomic mass is 9.67. The maximum atomic E-state index is 12.6. The lowest BCUT2D eigenvalue weighted by molar-refractivity contribution is 0.109. The molecule has 0 fully saturated rings. The fraction of sp³-hybridized carbons (Fsp3) is 0.450. The molecule has 0 radical (unpaired) electrons. The van der Waals surface area contributed by atoms with E-state index in [1.54, 1.807) is 11.1 Å². The number of hydrogen-bond donors (Lipinski definition) is 0. The maximum Gasteiger partial charge on any atom is 0.151 e. The molecule has 4 heteroatoms. The Hall–Kier alpha value is -3.13. The molecule has 1 aliphatic carbocycles. The summed E-state index contributed by atoms with van der Waals surface area (Å²) >= 11 is 0. The highest BCUT2D eigenvalue weighted by Crippen LogP contribution is 2.39. The van der Waals surface area contributed by atoms with E-state index in [-0.39, 0.29) is 0 Å². The van der Waals surface area contributed by atoms with Crippen LogP contribution < -0.4 is 10.9 Å². The molecule has 0 saturated carbocycles. The van der Waals surface area contributed by atoms with Crippen LogP contribution in [-0.2, 0) is 51.4 Å². The van der Waals surface area contributed by atoms with Crippen molar-refractivity contribution < 1.29 is 9.59 Å². The molecule has 0 unspecified atom stereocenters. The van der Waals surface area contributed by atoms with E-state index in [1.165, 1.54) is 65.9 Å². The summed E-state index contributed by atoms with van der Waals surface area (Å²) in [6.45, 7) is 13.7. The van der Waals surface area contributed by atoms with E-state index in [4.69, 9.17) is 0 Å². The monoisotopic (exact) mass is 584 g/mol. The molecule has 0 amide bonds. The minimum Gasteiger partial charge on any atom is -0.298 e. The van der Waals surface area contributed by atoms with Crippen LogP contribution in [0.4, 0.5) is 0 Å². The number of hydrogen-bond acceptors (Lipinski definition) is 2. The summed E-state index contributed by atoms with van der Waals surface area (Å²) in [5, 5.41) is 5.63. The Labute approximate surface area is 267 Å². The molecule has 0 atom stereocenters. The van der Waals surface area contributed by atoms with Gasteiger partial charge >= 0.3 is 0 Å². The Morgan fingerprint density at radius 3 is 1.18 bits per heavy atom. The SMILES string of the molecule is Bc1c2c(c(B)c3cc4c(CC)c(CC)c(CC)c(CC)c4cc13)Cc1c(CCCC)c(C=O)c(C=O)c(CCCC)c1C2. The number of aldehydes is 2. The van der Waals surface area contributed by atoms with Crippen molar-refractivity contribution in [1.82, 2.24) is 0 Å². The van der Waals surface area contributed by atoms with Crippen LogP contribution in [0, 0.1) is 0 Å². The van der Waals surface area contributed by atoms with Crippen LogP contribution in [0.1, 0.15) is 144 Å². The number of benzene rings is 4. The molecular weight excluding hydrogens is 534 g/mol. The topological polar surface area (TPSA) is 34.1 Å². The van der Waals surface area contributed by atoms with Gasteiger partial charge in [-0.05, 0) is 154 Å². The molecule has 4 aromatic carbocycles. The van der Waals surface area contributed by atoms with Gasteiger partial charge in [0.2, 0.25) is 0 Å². The van der Waals surface area contributed by atoms with Crippen molar-refractivity contribution in [3.8, 4) is 0 Å². The van der Waals surface area contributed by atoms with E-state index in [0.717, 1.165) is 101 Å². The van der Waals surface area contributed by atoms with Crippen molar-refractivity contribution in [2.75, 3.05) is 0 Å². The van der Waals surface area contributed by atoms with Gasteiger partial charge in [0.15, 0.2) is 12.6 Å². The van der Waals surface area contributed by atoms with Gasteiger partial charge in [0.1, 0.15) is 15.7 Å². The molecule has 1 aliphatic rings. The average molecular weight is 584 g/mol. The second kappa shape index (κ2) is 13.5. The predicted octanol–water partition coefficient (Wildman–Crippen LogP) is 6.56.